The van der Waals surface area contributed by atoms with Crippen LogP contribution in [0.25, 0.3) is 11.0 Å². The van der Waals surface area contributed by atoms with Crippen LogP contribution in [-0.2, 0) is 23.1 Å². The van der Waals surface area contributed by atoms with Gasteiger partial charge in [-0.3, -0.25) is 14.2 Å². The predicted octanol–water partition coefficient (Wildman–Crippen LogP) is 1.86. The van der Waals surface area contributed by atoms with E-state index in [9.17, 15) is 18.0 Å². The van der Waals surface area contributed by atoms with Crippen molar-refractivity contribution in [2.45, 2.75) is 30.8 Å². The number of hydrogen-bond donors (Lipinski definition) is 1. The average molecular weight is 507 g/mol. The molecule has 36 heavy (non-hydrogen) atoms. The molecule has 0 spiro atoms. The maximum atomic E-state index is 12.8. The van der Waals surface area contributed by atoms with Crippen molar-refractivity contribution >= 4 is 27.0 Å². The number of nitrogens with one attached hydrogen (secondary N) is 1. The van der Waals surface area contributed by atoms with Crippen molar-refractivity contribution in [3.05, 3.63) is 88.6 Å². The third kappa shape index (κ3) is 4.79. The maximum Gasteiger partial charge on any atom is 0.264 e. The van der Waals surface area contributed by atoms with Gasteiger partial charge in [0, 0.05) is 25.2 Å². The highest BCUT2D eigenvalue weighted by molar-refractivity contribution is 7.89. The van der Waals surface area contributed by atoms with Crippen LogP contribution in [0.1, 0.15) is 28.8 Å². The molecule has 2 aromatic heterocycles. The van der Waals surface area contributed by atoms with Gasteiger partial charge in [-0.15, -0.1) is 0 Å². The molecule has 0 unspecified atom stereocenters. The van der Waals surface area contributed by atoms with E-state index in [0.717, 1.165) is 18.4 Å². The number of sulfonamides is 1. The Kier molecular flexibility index (Phi) is 6.66. The molecule has 186 valence electrons. The third-order valence-electron chi connectivity index (χ3n) is 6.25. The first-order valence-corrected chi connectivity index (χ1v) is 13.2. The number of carbonyl (C=O) groups is 1. The van der Waals surface area contributed by atoms with Crippen LogP contribution in [-0.4, -0.2) is 57.6 Å². The second kappa shape index (κ2) is 10.0. The lowest BCUT2D eigenvalue weighted by atomic mass is 10.2. The van der Waals surface area contributed by atoms with E-state index in [4.69, 9.17) is 0 Å². The number of rotatable bonds is 8. The van der Waals surface area contributed by atoms with Gasteiger partial charge < -0.3 is 5.32 Å². The Morgan fingerprint density at radius 2 is 1.72 bits per heavy atom. The smallest absolute Gasteiger partial charge is 0.264 e. The van der Waals surface area contributed by atoms with Gasteiger partial charge in [0.1, 0.15) is 11.7 Å². The van der Waals surface area contributed by atoms with Gasteiger partial charge in [-0.2, -0.15) is 9.40 Å². The van der Waals surface area contributed by atoms with Crippen LogP contribution in [0.4, 0.5) is 0 Å². The number of benzene rings is 2. The molecular formula is C25H26N6O4S. The van der Waals surface area contributed by atoms with Crippen molar-refractivity contribution in [1.29, 1.82) is 0 Å². The minimum Gasteiger partial charge on any atom is -0.350 e. The quantitative estimate of drug-likeness (QED) is 0.390. The largest absolute Gasteiger partial charge is 0.350 e. The van der Waals surface area contributed by atoms with Gasteiger partial charge in [0.05, 0.1) is 24.2 Å². The molecule has 1 fully saturated rings. The molecular weight excluding hydrogens is 480 g/mol. The number of nitrogens with zero attached hydrogens (tertiary/aromatic N) is 5. The van der Waals surface area contributed by atoms with E-state index in [1.807, 2.05) is 30.3 Å². The summed E-state index contributed by atoms with van der Waals surface area (Å²) >= 11 is 0. The standard InChI is InChI=1S/C25H26N6O4S/c32-24(20-8-10-21(11-9-20)36(34,35)30-13-4-5-14-30)26-12-15-31-23-22(16-28-31)25(33)29(18-27-23)17-19-6-2-1-3-7-19/h1-3,6-11,16,18H,4-5,12-15,17H2,(H,26,32). The van der Waals surface area contributed by atoms with Crippen LogP contribution in [0.2, 0.25) is 0 Å². The van der Waals surface area contributed by atoms with Crippen LogP contribution in [0, 0.1) is 0 Å². The fourth-order valence-corrected chi connectivity index (χ4v) is 5.80. The van der Waals surface area contributed by atoms with E-state index in [-0.39, 0.29) is 22.9 Å². The van der Waals surface area contributed by atoms with Gasteiger partial charge in [-0.05, 0) is 42.7 Å². The average Bonchev–Trinajstić information content (AvgIpc) is 3.58. The molecule has 2 aromatic carbocycles. The first-order chi connectivity index (χ1) is 17.4. The molecule has 0 aliphatic carbocycles. The van der Waals surface area contributed by atoms with E-state index in [0.29, 0.717) is 42.8 Å². The first kappa shape index (κ1) is 23.9. The zero-order valence-electron chi connectivity index (χ0n) is 19.6. The summed E-state index contributed by atoms with van der Waals surface area (Å²) in [5, 5.41) is 7.48. The lowest BCUT2D eigenvalue weighted by Gasteiger charge is -2.15. The molecule has 1 amide bonds. The molecule has 0 atom stereocenters. The minimum absolute atomic E-state index is 0.178. The number of carbonyl (C=O) groups excluding carboxylic acids is 1. The lowest BCUT2D eigenvalue weighted by molar-refractivity contribution is 0.0952. The van der Waals surface area contributed by atoms with Crippen LogP contribution >= 0.6 is 0 Å². The second-order valence-electron chi connectivity index (χ2n) is 8.66. The molecule has 1 N–H and O–H groups in total. The molecule has 1 saturated heterocycles. The minimum atomic E-state index is -3.52. The van der Waals surface area contributed by atoms with Crippen molar-refractivity contribution in [2.24, 2.45) is 0 Å². The molecule has 3 heterocycles. The number of aromatic nitrogens is 4. The van der Waals surface area contributed by atoms with Crippen LogP contribution in [0.3, 0.4) is 0 Å². The topological polar surface area (TPSA) is 119 Å². The van der Waals surface area contributed by atoms with Crippen LogP contribution in [0.5, 0.6) is 0 Å². The summed E-state index contributed by atoms with van der Waals surface area (Å²) in [5.41, 5.74) is 1.64. The molecule has 1 aliphatic rings. The Bertz CT molecular complexity index is 1540. The van der Waals surface area contributed by atoms with E-state index in [1.54, 1.807) is 9.25 Å². The summed E-state index contributed by atoms with van der Waals surface area (Å²) in [6.45, 7) is 2.07. The fourth-order valence-electron chi connectivity index (χ4n) is 4.29. The summed E-state index contributed by atoms with van der Waals surface area (Å²) < 4.78 is 29.9. The Morgan fingerprint density at radius 3 is 2.44 bits per heavy atom. The van der Waals surface area contributed by atoms with Crippen LogP contribution in [0.15, 0.2) is 76.8 Å². The van der Waals surface area contributed by atoms with Crippen molar-refractivity contribution in [2.75, 3.05) is 19.6 Å². The summed E-state index contributed by atoms with van der Waals surface area (Å²) in [7, 11) is -3.52. The summed E-state index contributed by atoms with van der Waals surface area (Å²) in [4.78, 5) is 30.0. The SMILES string of the molecule is O=C(NCCn1ncc2c(=O)n(Cc3ccccc3)cnc21)c1ccc(S(=O)(=O)N2CCCC2)cc1. The van der Waals surface area contributed by atoms with Crippen LogP contribution < -0.4 is 10.9 Å². The van der Waals surface area contributed by atoms with E-state index in [2.05, 4.69) is 15.4 Å². The fraction of sp³-hybridized carbons (Fsp3) is 0.280. The zero-order chi connectivity index (χ0) is 25.1. The Labute approximate surface area is 208 Å². The molecule has 4 aromatic rings. The van der Waals surface area contributed by atoms with Gasteiger partial charge in [0.2, 0.25) is 10.0 Å². The molecule has 0 radical (unpaired) electrons. The Morgan fingerprint density at radius 1 is 1.00 bits per heavy atom. The van der Waals surface area contributed by atoms with E-state index in [1.165, 1.54) is 41.1 Å². The van der Waals surface area contributed by atoms with Gasteiger partial charge in [-0.1, -0.05) is 30.3 Å². The van der Waals surface area contributed by atoms with Crippen molar-refractivity contribution in [3.63, 3.8) is 0 Å². The van der Waals surface area contributed by atoms with Gasteiger partial charge in [0.15, 0.2) is 5.65 Å². The van der Waals surface area contributed by atoms with Crippen molar-refractivity contribution < 1.29 is 13.2 Å². The van der Waals surface area contributed by atoms with Gasteiger partial charge in [0.25, 0.3) is 11.5 Å². The maximum absolute atomic E-state index is 12.8. The van der Waals surface area contributed by atoms with E-state index >= 15 is 0 Å². The Hall–Kier alpha value is -3.83. The van der Waals surface area contributed by atoms with Gasteiger partial charge in [-0.25, -0.2) is 18.1 Å². The number of fused-ring (bicyclic) bond motifs is 1. The lowest BCUT2D eigenvalue weighted by Crippen LogP contribution is -2.29. The van der Waals surface area contributed by atoms with Crippen molar-refractivity contribution in [1.82, 2.24) is 29.0 Å². The molecule has 0 saturated carbocycles. The molecule has 10 nitrogen and oxygen atoms in total. The first-order valence-electron chi connectivity index (χ1n) is 11.8. The number of amides is 1. The molecule has 5 rings (SSSR count). The summed E-state index contributed by atoms with van der Waals surface area (Å²) in [6.07, 6.45) is 4.73. The molecule has 11 heteroatoms. The summed E-state index contributed by atoms with van der Waals surface area (Å²) in [6, 6.07) is 15.6. The zero-order valence-corrected chi connectivity index (χ0v) is 20.4. The van der Waals surface area contributed by atoms with E-state index < -0.39 is 10.0 Å². The molecule has 0 bridgehead atoms. The third-order valence-corrected chi connectivity index (χ3v) is 8.16. The Balaban J connectivity index is 1.21. The normalized spacial score (nSPS) is 14.3. The summed E-state index contributed by atoms with van der Waals surface area (Å²) in [5.74, 6) is -0.324. The highest BCUT2D eigenvalue weighted by Gasteiger charge is 2.27. The highest BCUT2D eigenvalue weighted by Crippen LogP contribution is 2.21. The second-order valence-corrected chi connectivity index (χ2v) is 10.6. The van der Waals surface area contributed by atoms with Gasteiger partial charge >= 0.3 is 0 Å². The monoisotopic (exact) mass is 506 g/mol. The predicted molar refractivity (Wildman–Crippen MR) is 134 cm³/mol. The molecule has 1 aliphatic heterocycles. The number of hydrogen-bond acceptors (Lipinski definition) is 6. The van der Waals surface area contributed by atoms with Crippen molar-refractivity contribution in [3.8, 4) is 0 Å². The highest BCUT2D eigenvalue weighted by atomic mass is 32.2.